The normalized spacial score (nSPS) is 16.8. The summed E-state index contributed by atoms with van der Waals surface area (Å²) < 4.78 is 5.55. The van der Waals surface area contributed by atoms with Gasteiger partial charge in [-0.3, -0.25) is 14.7 Å². The number of phenolic OH excluding ortho intramolecular Hbond substituents is 1. The highest BCUT2D eigenvalue weighted by Crippen LogP contribution is 2.35. The number of hydrogen-bond acceptors (Lipinski definition) is 8. The highest BCUT2D eigenvalue weighted by molar-refractivity contribution is 8.00. The Morgan fingerprint density at radius 1 is 1.22 bits per heavy atom. The molecule has 9 nitrogen and oxygen atoms in total. The van der Waals surface area contributed by atoms with Gasteiger partial charge in [-0.05, 0) is 67.1 Å². The van der Waals surface area contributed by atoms with Crippen molar-refractivity contribution >= 4 is 35.1 Å². The van der Waals surface area contributed by atoms with E-state index in [1.165, 1.54) is 17.8 Å². The van der Waals surface area contributed by atoms with Crippen molar-refractivity contribution < 1.29 is 19.4 Å². The lowest BCUT2D eigenvalue weighted by Gasteiger charge is -2.20. The van der Waals surface area contributed by atoms with E-state index in [0.29, 0.717) is 54.3 Å². The first-order chi connectivity index (χ1) is 17.5. The quantitative estimate of drug-likeness (QED) is 0.416. The number of fused-ring (bicyclic) bond motifs is 1. The van der Waals surface area contributed by atoms with Crippen LogP contribution in [0.15, 0.2) is 59.6 Å². The number of nitrogens with zero attached hydrogens (tertiary/aromatic N) is 3. The number of pyridine rings is 1. The number of aromatic hydroxyl groups is 1. The standard InChI is InChI=1S/C26H23N5O4S/c27-12-16-1-3-23(32)20(9-16)21-10-17(5-8-29-21)13-28-7-6-19-14-31(26(34)35-19)18-2-4-24-22(11-18)30-25(33)15-36-24/h1-5,8-11,19,28,32H,6-7,13-15H2,(H,30,33)/t19-/m1/s1. The molecule has 2 aliphatic rings. The van der Waals surface area contributed by atoms with Crippen LogP contribution in [0.4, 0.5) is 16.2 Å². The zero-order valence-electron chi connectivity index (χ0n) is 19.2. The summed E-state index contributed by atoms with van der Waals surface area (Å²) in [6, 6.07) is 16.1. The molecule has 3 aromatic rings. The Morgan fingerprint density at radius 2 is 2.11 bits per heavy atom. The number of aromatic nitrogens is 1. The van der Waals surface area contributed by atoms with E-state index in [1.807, 2.05) is 30.3 Å². The van der Waals surface area contributed by atoms with Gasteiger partial charge >= 0.3 is 6.09 Å². The summed E-state index contributed by atoms with van der Waals surface area (Å²) in [5.74, 6) is 0.413. The van der Waals surface area contributed by atoms with Gasteiger partial charge in [-0.1, -0.05) is 0 Å². The van der Waals surface area contributed by atoms with E-state index in [4.69, 9.17) is 10.00 Å². The molecule has 2 amide bonds. The number of hydrogen-bond donors (Lipinski definition) is 3. The van der Waals surface area contributed by atoms with Gasteiger partial charge in [-0.15, -0.1) is 11.8 Å². The van der Waals surface area contributed by atoms with Crippen LogP contribution in [0.2, 0.25) is 0 Å². The highest BCUT2D eigenvalue weighted by atomic mass is 32.2. The monoisotopic (exact) mass is 501 g/mol. The minimum Gasteiger partial charge on any atom is -0.507 e. The topological polar surface area (TPSA) is 128 Å². The number of amides is 2. The Kier molecular flexibility index (Phi) is 6.75. The average molecular weight is 502 g/mol. The lowest BCUT2D eigenvalue weighted by Crippen LogP contribution is -2.26. The third-order valence-corrected chi connectivity index (χ3v) is 7.05. The van der Waals surface area contributed by atoms with Gasteiger partial charge < -0.3 is 20.5 Å². The number of anilines is 2. The molecule has 3 heterocycles. The molecule has 0 spiro atoms. The second-order valence-corrected chi connectivity index (χ2v) is 9.51. The van der Waals surface area contributed by atoms with Gasteiger partial charge in [0.15, 0.2) is 0 Å². The Balaban J connectivity index is 1.15. The molecule has 36 heavy (non-hydrogen) atoms. The Hall–Kier alpha value is -4.07. The molecule has 0 radical (unpaired) electrons. The number of rotatable bonds is 7. The fourth-order valence-corrected chi connectivity index (χ4v) is 4.95. The minimum absolute atomic E-state index is 0.0496. The summed E-state index contributed by atoms with van der Waals surface area (Å²) in [7, 11) is 0. The first-order valence-corrected chi connectivity index (χ1v) is 12.4. The molecule has 1 fully saturated rings. The zero-order valence-corrected chi connectivity index (χ0v) is 20.0. The van der Waals surface area contributed by atoms with Gasteiger partial charge in [0.25, 0.3) is 0 Å². The van der Waals surface area contributed by atoms with Crippen LogP contribution in [0.1, 0.15) is 17.5 Å². The van der Waals surface area contributed by atoms with Gasteiger partial charge in [0.1, 0.15) is 11.9 Å². The highest BCUT2D eigenvalue weighted by Gasteiger charge is 2.32. The summed E-state index contributed by atoms with van der Waals surface area (Å²) in [4.78, 5) is 31.1. The molecule has 1 atom stereocenters. The van der Waals surface area contributed by atoms with E-state index >= 15 is 0 Å². The Morgan fingerprint density at radius 3 is 2.97 bits per heavy atom. The van der Waals surface area contributed by atoms with Crippen molar-refractivity contribution in [2.45, 2.75) is 24.0 Å². The van der Waals surface area contributed by atoms with Crippen molar-refractivity contribution in [2.75, 3.05) is 29.1 Å². The van der Waals surface area contributed by atoms with Crippen molar-refractivity contribution in [2.24, 2.45) is 0 Å². The SMILES string of the molecule is N#Cc1ccc(O)c(-c2cc(CNCC[C@@H]3CN(c4ccc5c(c4)NC(=O)CS5)C(=O)O3)ccn2)c1. The summed E-state index contributed by atoms with van der Waals surface area (Å²) >= 11 is 1.48. The third kappa shape index (κ3) is 5.12. The van der Waals surface area contributed by atoms with Crippen LogP contribution in [-0.2, 0) is 16.1 Å². The van der Waals surface area contributed by atoms with Crippen molar-refractivity contribution in [1.29, 1.82) is 5.26 Å². The minimum atomic E-state index is -0.395. The molecule has 2 aliphatic heterocycles. The first kappa shape index (κ1) is 23.7. The molecule has 10 heteroatoms. The Labute approximate surface area is 212 Å². The molecule has 0 saturated carbocycles. The summed E-state index contributed by atoms with van der Waals surface area (Å²) in [6.07, 6.45) is 1.67. The number of carbonyl (C=O) groups is 2. The van der Waals surface area contributed by atoms with Crippen LogP contribution in [0.25, 0.3) is 11.3 Å². The van der Waals surface area contributed by atoms with Gasteiger partial charge in [0.05, 0.1) is 35.3 Å². The second-order valence-electron chi connectivity index (χ2n) is 8.49. The van der Waals surface area contributed by atoms with Crippen molar-refractivity contribution in [3.05, 3.63) is 65.9 Å². The predicted molar refractivity (Wildman–Crippen MR) is 136 cm³/mol. The number of carbonyl (C=O) groups excluding carboxylic acids is 2. The van der Waals surface area contributed by atoms with Gasteiger partial charge in [-0.25, -0.2) is 4.79 Å². The van der Waals surface area contributed by atoms with E-state index in [9.17, 15) is 14.7 Å². The number of benzene rings is 2. The van der Waals surface area contributed by atoms with Crippen molar-refractivity contribution in [3.8, 4) is 23.1 Å². The maximum Gasteiger partial charge on any atom is 0.414 e. The van der Waals surface area contributed by atoms with Gasteiger partial charge in [0.2, 0.25) is 5.91 Å². The van der Waals surface area contributed by atoms with Crippen molar-refractivity contribution in [3.63, 3.8) is 0 Å². The molecule has 0 bridgehead atoms. The largest absolute Gasteiger partial charge is 0.507 e. The average Bonchev–Trinajstić information content (AvgIpc) is 3.27. The van der Waals surface area contributed by atoms with E-state index in [1.54, 1.807) is 23.2 Å². The van der Waals surface area contributed by atoms with Crippen molar-refractivity contribution in [1.82, 2.24) is 10.3 Å². The lowest BCUT2D eigenvalue weighted by atomic mass is 10.1. The molecular weight excluding hydrogens is 478 g/mol. The maximum atomic E-state index is 12.5. The van der Waals surface area contributed by atoms with Gasteiger partial charge in [-0.2, -0.15) is 5.26 Å². The summed E-state index contributed by atoms with van der Waals surface area (Å²) in [5, 5.41) is 25.5. The number of nitriles is 1. The van der Waals surface area contributed by atoms with Crippen LogP contribution < -0.4 is 15.5 Å². The molecule has 5 rings (SSSR count). The van der Waals surface area contributed by atoms with Crippen LogP contribution in [-0.4, -0.2) is 47.0 Å². The zero-order chi connectivity index (χ0) is 25.1. The smallest absolute Gasteiger partial charge is 0.414 e. The fraction of sp³-hybridized carbons (Fsp3) is 0.231. The lowest BCUT2D eigenvalue weighted by molar-refractivity contribution is -0.113. The molecule has 0 unspecified atom stereocenters. The van der Waals surface area contributed by atoms with Gasteiger partial charge in [0, 0.05) is 28.9 Å². The molecular formula is C26H23N5O4S. The number of nitrogens with one attached hydrogen (secondary N) is 2. The number of thioether (sulfide) groups is 1. The number of ether oxygens (including phenoxy) is 1. The number of cyclic esters (lactones) is 1. The molecule has 1 saturated heterocycles. The summed E-state index contributed by atoms with van der Waals surface area (Å²) in [6.45, 7) is 1.64. The van der Waals surface area contributed by atoms with E-state index in [2.05, 4.69) is 21.7 Å². The fourth-order valence-electron chi connectivity index (χ4n) is 4.16. The third-order valence-electron chi connectivity index (χ3n) is 5.98. The van der Waals surface area contributed by atoms with Crippen LogP contribution >= 0.6 is 11.8 Å². The van der Waals surface area contributed by atoms with E-state index in [0.717, 1.165) is 16.1 Å². The van der Waals surface area contributed by atoms with Crippen LogP contribution in [0, 0.1) is 11.3 Å². The first-order valence-electron chi connectivity index (χ1n) is 11.4. The van der Waals surface area contributed by atoms with E-state index in [-0.39, 0.29) is 17.8 Å². The van der Waals surface area contributed by atoms with Crippen LogP contribution in [0.3, 0.4) is 0 Å². The Bertz CT molecular complexity index is 1370. The van der Waals surface area contributed by atoms with Crippen LogP contribution in [0.5, 0.6) is 5.75 Å². The molecule has 3 N–H and O–H groups in total. The summed E-state index contributed by atoms with van der Waals surface area (Å²) in [5.41, 5.74) is 3.94. The maximum absolute atomic E-state index is 12.5. The molecule has 1 aromatic heterocycles. The molecule has 2 aromatic carbocycles. The number of phenols is 1. The predicted octanol–water partition coefficient (Wildman–Crippen LogP) is 3.88. The molecule has 0 aliphatic carbocycles. The molecule has 182 valence electrons. The second kappa shape index (κ2) is 10.3. The van der Waals surface area contributed by atoms with E-state index < -0.39 is 6.09 Å².